The highest BCUT2D eigenvalue weighted by Gasteiger charge is 2.25. The number of hydrogen-bond acceptors (Lipinski definition) is 4. The number of sulfonamides is 1. The van der Waals surface area contributed by atoms with E-state index in [0.717, 1.165) is 12.8 Å². The molecule has 0 saturated heterocycles. The summed E-state index contributed by atoms with van der Waals surface area (Å²) < 4.78 is 40.5. The number of aliphatic imine (C=N–C) groups is 1. The minimum atomic E-state index is -3.63. The Bertz CT molecular complexity index is 771. The maximum atomic E-state index is 13.6. The zero-order chi connectivity index (χ0) is 21.9. The van der Waals surface area contributed by atoms with Gasteiger partial charge in [0, 0.05) is 26.2 Å². The lowest BCUT2D eigenvalue weighted by atomic mass is 9.79. The van der Waals surface area contributed by atoms with Crippen LogP contribution in [0.25, 0.3) is 0 Å². The molecule has 1 rings (SSSR count). The number of nitrogens with one attached hydrogen (secondary N) is 3. The number of aliphatic hydroxyl groups excluding tert-OH is 1. The molecule has 0 amide bonds. The first-order valence-corrected chi connectivity index (χ1v) is 11.8. The summed E-state index contributed by atoms with van der Waals surface area (Å²) in [5.41, 5.74) is 0.589. The van der Waals surface area contributed by atoms with Gasteiger partial charge in [0.25, 0.3) is 0 Å². The van der Waals surface area contributed by atoms with Gasteiger partial charge in [-0.3, -0.25) is 9.71 Å². The molecule has 0 heterocycles. The number of nitrogens with zero attached hydrogens (tertiary/aromatic N) is 1. The Morgan fingerprint density at radius 2 is 1.87 bits per heavy atom. The fourth-order valence-electron chi connectivity index (χ4n) is 2.92. The topological polar surface area (TPSA) is 103 Å². The average Bonchev–Trinajstić information content (AvgIpc) is 2.67. The molecule has 0 spiro atoms. The highest BCUT2D eigenvalue weighted by molar-refractivity contribution is 14.0. The van der Waals surface area contributed by atoms with Crippen LogP contribution >= 0.6 is 24.0 Å². The summed E-state index contributed by atoms with van der Waals surface area (Å²) in [6.45, 7) is 9.18. The molecule has 4 N–H and O–H groups in total. The molecular formula is C20H36FIN4O3S. The van der Waals surface area contributed by atoms with E-state index in [1.807, 2.05) is 6.92 Å². The lowest BCUT2D eigenvalue weighted by molar-refractivity contribution is 0.175. The number of rotatable bonds is 12. The Hall–Kier alpha value is -1.14. The van der Waals surface area contributed by atoms with Gasteiger partial charge >= 0.3 is 0 Å². The summed E-state index contributed by atoms with van der Waals surface area (Å²) in [7, 11) is -3.63. The molecule has 0 atom stereocenters. The van der Waals surface area contributed by atoms with Gasteiger partial charge in [-0.15, -0.1) is 24.0 Å². The van der Waals surface area contributed by atoms with Crippen LogP contribution in [0.5, 0.6) is 0 Å². The maximum Gasteiger partial charge on any atom is 0.234 e. The summed E-state index contributed by atoms with van der Waals surface area (Å²) in [6.07, 6.45) is 2.48. The van der Waals surface area contributed by atoms with E-state index in [4.69, 9.17) is 0 Å². The number of aryl methyl sites for hydroxylation is 1. The first kappa shape index (κ1) is 28.9. The van der Waals surface area contributed by atoms with Gasteiger partial charge < -0.3 is 15.7 Å². The van der Waals surface area contributed by atoms with Crippen molar-refractivity contribution in [3.63, 3.8) is 0 Å². The molecule has 0 unspecified atom stereocenters. The molecule has 174 valence electrons. The first-order valence-electron chi connectivity index (χ1n) is 10.1. The second-order valence-electron chi connectivity index (χ2n) is 7.19. The molecule has 0 radical (unpaired) electrons. The van der Waals surface area contributed by atoms with Crippen LogP contribution in [0.15, 0.2) is 23.2 Å². The molecule has 1 aromatic rings. The highest BCUT2D eigenvalue weighted by Crippen LogP contribution is 2.30. The van der Waals surface area contributed by atoms with Crippen LogP contribution in [0.4, 0.5) is 10.1 Å². The summed E-state index contributed by atoms with van der Waals surface area (Å²) in [5, 5.41) is 15.5. The smallest absolute Gasteiger partial charge is 0.234 e. The Kier molecular flexibility index (Phi) is 13.5. The van der Waals surface area contributed by atoms with Crippen LogP contribution in [0.1, 0.15) is 45.6 Å². The number of hydrogen-bond donors (Lipinski definition) is 4. The van der Waals surface area contributed by atoms with Gasteiger partial charge in [0.1, 0.15) is 5.82 Å². The molecule has 0 fully saturated rings. The molecule has 0 aromatic heterocycles. The molecule has 1 aromatic carbocycles. The van der Waals surface area contributed by atoms with Crippen molar-refractivity contribution in [3.05, 3.63) is 29.6 Å². The van der Waals surface area contributed by atoms with Crippen LogP contribution in [0, 0.1) is 18.2 Å². The van der Waals surface area contributed by atoms with Crippen molar-refractivity contribution >= 4 is 45.6 Å². The van der Waals surface area contributed by atoms with Crippen LogP contribution in [0.3, 0.4) is 0 Å². The SMILES string of the molecule is CCNC(=NCC(CC)(CC)CCO)NCCS(=O)(=O)Nc1ccc(C)c(F)c1.I. The van der Waals surface area contributed by atoms with E-state index in [9.17, 15) is 17.9 Å². The van der Waals surface area contributed by atoms with Crippen LogP contribution in [-0.2, 0) is 10.0 Å². The van der Waals surface area contributed by atoms with E-state index in [-0.39, 0.29) is 54.0 Å². The van der Waals surface area contributed by atoms with Gasteiger partial charge in [-0.05, 0) is 56.2 Å². The number of aliphatic hydroxyl groups is 1. The van der Waals surface area contributed by atoms with Crippen molar-refractivity contribution in [1.82, 2.24) is 10.6 Å². The van der Waals surface area contributed by atoms with Gasteiger partial charge in [0.2, 0.25) is 10.0 Å². The zero-order valence-electron chi connectivity index (χ0n) is 18.3. The molecule has 7 nitrogen and oxygen atoms in total. The third-order valence-corrected chi connectivity index (χ3v) is 6.46. The lowest BCUT2D eigenvalue weighted by Crippen LogP contribution is -2.41. The fourth-order valence-corrected chi connectivity index (χ4v) is 3.88. The number of anilines is 1. The van der Waals surface area contributed by atoms with Crippen molar-refractivity contribution in [2.45, 2.75) is 47.0 Å². The first-order chi connectivity index (χ1) is 13.7. The molecular weight excluding hydrogens is 522 g/mol. The van der Waals surface area contributed by atoms with Crippen LogP contribution < -0.4 is 15.4 Å². The van der Waals surface area contributed by atoms with E-state index >= 15 is 0 Å². The molecule has 30 heavy (non-hydrogen) atoms. The van der Waals surface area contributed by atoms with Gasteiger partial charge in [-0.1, -0.05) is 19.9 Å². The maximum absolute atomic E-state index is 13.6. The van der Waals surface area contributed by atoms with Crippen molar-refractivity contribution in [3.8, 4) is 0 Å². The summed E-state index contributed by atoms with van der Waals surface area (Å²) >= 11 is 0. The standard InChI is InChI=1S/C20H35FN4O3S.HI/c1-5-20(6-2,10-12-26)15-24-19(22-7-3)23-11-13-29(27,28)25-17-9-8-16(4)18(21)14-17;/h8-9,14,25-26H,5-7,10-13,15H2,1-4H3,(H2,22,23,24);1H. The normalized spacial score (nSPS) is 12.3. The molecule has 0 aliphatic rings. The number of benzene rings is 1. The fraction of sp³-hybridized carbons (Fsp3) is 0.650. The largest absolute Gasteiger partial charge is 0.396 e. The van der Waals surface area contributed by atoms with Crippen molar-refractivity contribution in [2.75, 3.05) is 36.7 Å². The molecule has 10 heteroatoms. The average molecular weight is 559 g/mol. The number of guanidine groups is 1. The van der Waals surface area contributed by atoms with Crippen molar-refractivity contribution in [1.29, 1.82) is 0 Å². The Balaban J connectivity index is 0.00000841. The molecule has 0 bridgehead atoms. The van der Waals surface area contributed by atoms with Gasteiger partial charge in [-0.2, -0.15) is 0 Å². The van der Waals surface area contributed by atoms with Crippen molar-refractivity contribution in [2.24, 2.45) is 10.4 Å². The van der Waals surface area contributed by atoms with Crippen LogP contribution in [0.2, 0.25) is 0 Å². The molecule has 0 aliphatic heterocycles. The van der Waals surface area contributed by atoms with Gasteiger partial charge in [0.15, 0.2) is 5.96 Å². The Morgan fingerprint density at radius 1 is 1.20 bits per heavy atom. The lowest BCUT2D eigenvalue weighted by Gasteiger charge is -2.29. The van der Waals surface area contributed by atoms with E-state index < -0.39 is 15.8 Å². The highest BCUT2D eigenvalue weighted by atomic mass is 127. The quantitative estimate of drug-likeness (QED) is 0.179. The van der Waals surface area contributed by atoms with E-state index in [2.05, 4.69) is 34.2 Å². The predicted octanol–water partition coefficient (Wildman–Crippen LogP) is 3.24. The van der Waals surface area contributed by atoms with E-state index in [1.54, 1.807) is 6.92 Å². The predicted molar refractivity (Wildman–Crippen MR) is 133 cm³/mol. The van der Waals surface area contributed by atoms with E-state index in [1.165, 1.54) is 18.2 Å². The third-order valence-electron chi connectivity index (χ3n) is 5.17. The van der Waals surface area contributed by atoms with Crippen LogP contribution in [-0.4, -0.2) is 51.5 Å². The third kappa shape index (κ3) is 9.78. The summed E-state index contributed by atoms with van der Waals surface area (Å²) in [6, 6.07) is 4.23. The Labute approximate surface area is 197 Å². The number of halogens is 2. The Morgan fingerprint density at radius 3 is 2.40 bits per heavy atom. The van der Waals surface area contributed by atoms with Crippen molar-refractivity contribution < 1.29 is 17.9 Å². The minimum Gasteiger partial charge on any atom is -0.396 e. The molecule has 0 aliphatic carbocycles. The van der Waals surface area contributed by atoms with E-state index in [0.29, 0.717) is 31.0 Å². The summed E-state index contributed by atoms with van der Waals surface area (Å²) in [4.78, 5) is 4.59. The minimum absolute atomic E-state index is 0. The van der Waals surface area contributed by atoms with Gasteiger partial charge in [0.05, 0.1) is 11.4 Å². The molecule has 0 saturated carbocycles. The second kappa shape index (κ2) is 14.0. The van der Waals surface area contributed by atoms with Gasteiger partial charge in [-0.25, -0.2) is 12.8 Å². The second-order valence-corrected chi connectivity index (χ2v) is 9.03. The zero-order valence-corrected chi connectivity index (χ0v) is 21.4. The summed E-state index contributed by atoms with van der Waals surface area (Å²) in [5.74, 6) is -0.104. The monoisotopic (exact) mass is 558 g/mol.